The lowest BCUT2D eigenvalue weighted by Crippen LogP contribution is -2.48. The first-order valence-electron chi connectivity index (χ1n) is 12.5. The number of nitrogens with zero attached hydrogens (tertiary/aromatic N) is 2. The summed E-state index contributed by atoms with van der Waals surface area (Å²) in [5.74, 6) is -5.99. The van der Waals surface area contributed by atoms with E-state index in [2.05, 4.69) is 10.2 Å². The van der Waals surface area contributed by atoms with Gasteiger partial charge < -0.3 is 15.3 Å². The molecule has 202 valence electrons. The second-order valence-corrected chi connectivity index (χ2v) is 10.2. The molecule has 0 saturated carbocycles. The molecule has 0 aromatic heterocycles. The summed E-state index contributed by atoms with van der Waals surface area (Å²) in [4.78, 5) is 15.0. The van der Waals surface area contributed by atoms with E-state index in [1.54, 1.807) is 6.92 Å². The fourth-order valence-corrected chi connectivity index (χ4v) is 5.54. The molecule has 5 nitrogen and oxygen atoms in total. The van der Waals surface area contributed by atoms with Crippen LogP contribution in [0.1, 0.15) is 59.8 Å². The molecule has 2 aliphatic heterocycles. The third kappa shape index (κ3) is 6.23. The molecule has 10 heteroatoms. The number of fused-ring (bicyclic) bond motifs is 1. The summed E-state index contributed by atoms with van der Waals surface area (Å²) in [5, 5.41) is 12.5. The summed E-state index contributed by atoms with van der Waals surface area (Å²) >= 11 is 0. The first-order chi connectivity index (χ1) is 17.5. The largest absolute Gasteiger partial charge is 0.478 e. The lowest BCUT2D eigenvalue weighted by atomic mass is 9.83. The normalized spacial score (nSPS) is 22.7. The van der Waals surface area contributed by atoms with Crippen LogP contribution in [-0.4, -0.2) is 71.7 Å². The van der Waals surface area contributed by atoms with Crippen molar-refractivity contribution < 1.29 is 31.9 Å². The first kappa shape index (κ1) is 27.3. The number of carboxylic acids is 1. The van der Waals surface area contributed by atoms with E-state index >= 15 is 8.78 Å². The zero-order valence-corrected chi connectivity index (χ0v) is 20.9. The minimum Gasteiger partial charge on any atom is -0.478 e. The van der Waals surface area contributed by atoms with Gasteiger partial charge >= 0.3 is 5.97 Å². The van der Waals surface area contributed by atoms with Gasteiger partial charge in [-0.1, -0.05) is 6.07 Å². The monoisotopic (exact) mass is 525 g/mol. The molecular weight excluding hydrogens is 493 g/mol. The summed E-state index contributed by atoms with van der Waals surface area (Å²) in [7, 11) is 0. The molecule has 0 bridgehead atoms. The zero-order valence-electron chi connectivity index (χ0n) is 20.9. The third-order valence-electron chi connectivity index (χ3n) is 7.16. The molecule has 0 unspecified atom stereocenters. The van der Waals surface area contributed by atoms with Crippen LogP contribution in [0.15, 0.2) is 30.3 Å². The number of aromatic carboxylic acids is 1. The van der Waals surface area contributed by atoms with Gasteiger partial charge in [0, 0.05) is 49.9 Å². The topological polar surface area (TPSA) is 55.8 Å². The minimum atomic E-state index is -3.12. The molecule has 0 radical (unpaired) electrons. The van der Waals surface area contributed by atoms with Crippen LogP contribution >= 0.6 is 0 Å². The Bertz CT molecular complexity index is 1120. The molecule has 1 fully saturated rings. The quantitative estimate of drug-likeness (QED) is 0.424. The lowest BCUT2D eigenvalue weighted by molar-refractivity contribution is -0.0371. The SMILES string of the molecule is C[C@@H]1Cc2cc(C(=O)O)ccc2[C@@H](c2c(F)cc(N[C@H]3CCN(CCCF)C3)cc2F)N1CC(C)(F)F. The average molecular weight is 526 g/mol. The number of halogens is 5. The van der Waals surface area contributed by atoms with Crippen molar-refractivity contribution in [2.45, 2.75) is 57.2 Å². The van der Waals surface area contributed by atoms with Crippen LogP contribution in [-0.2, 0) is 6.42 Å². The van der Waals surface area contributed by atoms with E-state index in [1.807, 2.05) is 0 Å². The number of hydrogen-bond acceptors (Lipinski definition) is 4. The predicted octanol–water partition coefficient (Wildman–Crippen LogP) is 5.50. The van der Waals surface area contributed by atoms with Gasteiger partial charge in [0.05, 0.1) is 24.8 Å². The maximum atomic E-state index is 15.6. The van der Waals surface area contributed by atoms with E-state index in [0.717, 1.165) is 19.9 Å². The number of hydrogen-bond donors (Lipinski definition) is 2. The Labute approximate surface area is 213 Å². The highest BCUT2D eigenvalue weighted by molar-refractivity contribution is 5.88. The second kappa shape index (κ2) is 10.9. The average Bonchev–Trinajstić information content (AvgIpc) is 3.25. The molecule has 2 N–H and O–H groups in total. The highest BCUT2D eigenvalue weighted by Crippen LogP contribution is 2.42. The number of benzene rings is 2. The molecule has 0 amide bonds. The van der Waals surface area contributed by atoms with Gasteiger partial charge in [0.1, 0.15) is 11.6 Å². The molecular formula is C27H32F5N3O2. The molecule has 1 saturated heterocycles. The first-order valence-corrected chi connectivity index (χ1v) is 12.5. The van der Waals surface area contributed by atoms with E-state index in [1.165, 1.54) is 35.2 Å². The van der Waals surface area contributed by atoms with Crippen molar-refractivity contribution in [2.75, 3.05) is 38.2 Å². The maximum absolute atomic E-state index is 15.6. The van der Waals surface area contributed by atoms with Crippen molar-refractivity contribution in [3.05, 3.63) is 64.2 Å². The number of nitrogens with one attached hydrogen (secondary N) is 1. The number of likely N-dealkylation sites (tertiary alicyclic amines) is 1. The second-order valence-electron chi connectivity index (χ2n) is 10.2. The standard InChI is InChI=1S/C27H32F5N3O2/c1-16-10-18-11-17(26(36)37)4-5-21(18)25(35(16)15-27(2,31)32)24-22(29)12-20(13-23(24)30)33-19-6-9-34(14-19)8-3-7-28/h4-5,11-13,16,19,25,33H,3,6-10,14-15H2,1-2H3,(H,36,37)/t16-,19+,25+/m1/s1. The molecule has 4 rings (SSSR count). The van der Waals surface area contributed by atoms with Crippen molar-refractivity contribution in [1.29, 1.82) is 0 Å². The molecule has 2 aromatic rings. The minimum absolute atomic E-state index is 0.0246. The Morgan fingerprint density at radius 1 is 1.19 bits per heavy atom. The van der Waals surface area contributed by atoms with Crippen molar-refractivity contribution in [3.8, 4) is 0 Å². The Kier molecular flexibility index (Phi) is 8.08. The van der Waals surface area contributed by atoms with Crippen molar-refractivity contribution in [1.82, 2.24) is 9.80 Å². The number of anilines is 1. The van der Waals surface area contributed by atoms with E-state index in [9.17, 15) is 23.1 Å². The Balaban J connectivity index is 1.68. The van der Waals surface area contributed by atoms with Gasteiger partial charge in [-0.05, 0) is 61.6 Å². The van der Waals surface area contributed by atoms with Gasteiger partial charge in [-0.2, -0.15) is 0 Å². The summed E-state index contributed by atoms with van der Waals surface area (Å²) in [5.41, 5.74) is 0.894. The smallest absolute Gasteiger partial charge is 0.335 e. The number of carbonyl (C=O) groups is 1. The highest BCUT2D eigenvalue weighted by Gasteiger charge is 2.40. The Hall–Kier alpha value is -2.72. The predicted molar refractivity (Wildman–Crippen MR) is 131 cm³/mol. The maximum Gasteiger partial charge on any atom is 0.335 e. The van der Waals surface area contributed by atoms with Crippen LogP contribution in [0.3, 0.4) is 0 Å². The van der Waals surface area contributed by atoms with Crippen LogP contribution < -0.4 is 5.32 Å². The van der Waals surface area contributed by atoms with Crippen LogP contribution in [0.4, 0.5) is 27.6 Å². The Morgan fingerprint density at radius 2 is 1.89 bits per heavy atom. The van der Waals surface area contributed by atoms with Crippen LogP contribution in [0, 0.1) is 11.6 Å². The van der Waals surface area contributed by atoms with Crippen LogP contribution in [0.2, 0.25) is 0 Å². The number of rotatable bonds is 9. The molecule has 0 spiro atoms. The molecule has 2 aromatic carbocycles. The van der Waals surface area contributed by atoms with Gasteiger partial charge in [-0.25, -0.2) is 22.4 Å². The van der Waals surface area contributed by atoms with Gasteiger partial charge in [0.25, 0.3) is 5.92 Å². The number of alkyl halides is 3. The molecule has 2 heterocycles. The van der Waals surface area contributed by atoms with Gasteiger partial charge in [0.15, 0.2) is 0 Å². The lowest BCUT2D eigenvalue weighted by Gasteiger charge is -2.43. The molecule has 3 atom stereocenters. The zero-order chi connectivity index (χ0) is 26.9. The van der Waals surface area contributed by atoms with Gasteiger partial charge in [0.2, 0.25) is 0 Å². The summed E-state index contributed by atoms with van der Waals surface area (Å²) in [6, 6.07) is 4.87. The van der Waals surface area contributed by atoms with E-state index in [-0.39, 0.29) is 29.3 Å². The number of carboxylic acid groups (broad SMARTS) is 1. The van der Waals surface area contributed by atoms with Gasteiger partial charge in [-0.15, -0.1) is 0 Å². The van der Waals surface area contributed by atoms with Gasteiger partial charge in [-0.3, -0.25) is 9.29 Å². The van der Waals surface area contributed by atoms with Crippen LogP contribution in [0.5, 0.6) is 0 Å². The summed E-state index contributed by atoms with van der Waals surface area (Å²) < 4.78 is 72.0. The van der Waals surface area contributed by atoms with E-state index in [0.29, 0.717) is 30.6 Å². The van der Waals surface area contributed by atoms with Crippen molar-refractivity contribution in [2.24, 2.45) is 0 Å². The van der Waals surface area contributed by atoms with E-state index < -0.39 is 48.8 Å². The Morgan fingerprint density at radius 3 is 2.51 bits per heavy atom. The fraction of sp³-hybridized carbons (Fsp3) is 0.519. The highest BCUT2D eigenvalue weighted by atomic mass is 19.3. The van der Waals surface area contributed by atoms with Crippen molar-refractivity contribution in [3.63, 3.8) is 0 Å². The third-order valence-corrected chi connectivity index (χ3v) is 7.16. The fourth-order valence-electron chi connectivity index (χ4n) is 5.54. The molecule has 0 aliphatic carbocycles. The summed E-state index contributed by atoms with van der Waals surface area (Å²) in [6.45, 7) is 3.35. The van der Waals surface area contributed by atoms with Crippen molar-refractivity contribution >= 4 is 11.7 Å². The van der Waals surface area contributed by atoms with Crippen LogP contribution in [0.25, 0.3) is 0 Å². The molecule has 2 aliphatic rings. The summed E-state index contributed by atoms with van der Waals surface area (Å²) in [6.07, 6.45) is 1.45. The van der Waals surface area contributed by atoms with E-state index in [4.69, 9.17) is 0 Å². The molecule has 37 heavy (non-hydrogen) atoms.